The summed E-state index contributed by atoms with van der Waals surface area (Å²) in [5.41, 5.74) is 22.1. The number of imidazole rings is 1. The molecular weight excluding hydrogens is 1730 g/mol. The highest BCUT2D eigenvalue weighted by atomic mass is 16.1. The Balaban J connectivity index is 0.000000106. The van der Waals surface area contributed by atoms with Crippen molar-refractivity contribution in [3.63, 3.8) is 0 Å². The van der Waals surface area contributed by atoms with Crippen LogP contribution < -0.4 is 33.4 Å². The summed E-state index contributed by atoms with van der Waals surface area (Å²) in [6, 6.07) is 96.9. The van der Waals surface area contributed by atoms with E-state index in [0.29, 0.717) is 90.5 Å². The van der Waals surface area contributed by atoms with E-state index >= 15 is 0 Å². The van der Waals surface area contributed by atoms with Gasteiger partial charge in [-0.1, -0.05) is 212 Å². The molecule has 0 aliphatic carbocycles. The molecule has 24 rings (SSSR count). The molecule has 0 unspecified atom stereocenters. The second kappa shape index (κ2) is 41.5. The zero-order chi connectivity index (χ0) is 95.1. The lowest BCUT2D eigenvalue weighted by molar-refractivity contribution is 0.738. The average molecular weight is 1820 g/mol. The van der Waals surface area contributed by atoms with Gasteiger partial charge in [0, 0.05) is 94.6 Å². The van der Waals surface area contributed by atoms with Gasteiger partial charge in [-0.15, -0.1) is 0 Å². The number of benzene rings is 12. The molecule has 5 aliphatic heterocycles. The van der Waals surface area contributed by atoms with Crippen LogP contribution in [-0.4, -0.2) is 97.1 Å². The van der Waals surface area contributed by atoms with E-state index in [-0.39, 0.29) is 33.4 Å². The number of aromatic nitrogens is 14. The van der Waals surface area contributed by atoms with Gasteiger partial charge >= 0.3 is 0 Å². The highest BCUT2D eigenvalue weighted by molar-refractivity contribution is 6.07. The second-order valence-corrected chi connectivity index (χ2v) is 33.4. The minimum atomic E-state index is -0.139. The van der Waals surface area contributed by atoms with Gasteiger partial charge in [0.1, 0.15) is 40.8 Å². The van der Waals surface area contributed by atoms with Gasteiger partial charge in [-0.2, -0.15) is 0 Å². The van der Waals surface area contributed by atoms with Crippen LogP contribution in [-0.2, 0) is 53.2 Å². The zero-order valence-electron chi connectivity index (χ0n) is 76.2. The van der Waals surface area contributed by atoms with Gasteiger partial charge < -0.3 is 24.5 Å². The van der Waals surface area contributed by atoms with Crippen LogP contribution in [0.2, 0.25) is 0 Å². The minimum absolute atomic E-state index is 0.0112. The van der Waals surface area contributed by atoms with Crippen molar-refractivity contribution in [1.29, 1.82) is 0 Å². The largest absolute Gasteiger partial charge is 0.328 e. The molecule has 12 heterocycles. The molecule has 0 fully saturated rings. The SMILES string of the molecule is Cn1c(/C=C/C2=NC(c3ccccc3)=CC2)nc2ccccc2c1=O.Cn1c(C=Cc2nc3ccccc3c(=O)[nH]2)nc2ccccc21.Cn1c(CCC2=NC(c3ccccc3)=CC2)nc2ccccc2c1=O.O=c1[nH]c(/C=C/C2=Nc3ccccc3C2)nc2ccccc12.O=c1[nH]c(C=CC2=Nc3ccccc3C2)nc2ccccc12.O=c1[nH]c(CCC2=Nc3ccccc3C2)nc2ccccc12. The van der Waals surface area contributed by atoms with Crippen LogP contribution in [0.1, 0.15) is 94.3 Å². The van der Waals surface area contributed by atoms with Gasteiger partial charge in [-0.25, -0.2) is 34.9 Å². The molecule has 0 atom stereocenters. The molecule has 0 saturated carbocycles. The van der Waals surface area contributed by atoms with E-state index in [1.54, 1.807) is 71.8 Å². The van der Waals surface area contributed by atoms with Crippen LogP contribution in [0.15, 0.2) is 387 Å². The predicted molar refractivity (Wildman–Crippen MR) is 561 cm³/mol. The third kappa shape index (κ3) is 21.2. The first-order valence-corrected chi connectivity index (χ1v) is 45.6. The molecule has 0 spiro atoms. The molecule has 139 heavy (non-hydrogen) atoms. The molecule has 678 valence electrons. The Morgan fingerprint density at radius 1 is 0.273 bits per heavy atom. The van der Waals surface area contributed by atoms with Gasteiger partial charge in [-0.3, -0.25) is 62.9 Å². The minimum Gasteiger partial charge on any atom is -0.328 e. The molecule has 0 bridgehead atoms. The summed E-state index contributed by atoms with van der Waals surface area (Å²) in [6.45, 7) is 0. The third-order valence-electron chi connectivity index (χ3n) is 24.1. The van der Waals surface area contributed by atoms with Crippen LogP contribution in [0.3, 0.4) is 0 Å². The van der Waals surface area contributed by atoms with Crippen molar-refractivity contribution in [3.05, 3.63) is 464 Å². The predicted octanol–water partition coefficient (Wildman–Crippen LogP) is 20.3. The number of aryl methyl sites for hydroxylation is 3. The number of para-hydroxylation sites is 11. The van der Waals surface area contributed by atoms with Crippen molar-refractivity contribution in [2.24, 2.45) is 46.1 Å². The molecule has 0 saturated heterocycles. The molecule has 5 aliphatic rings. The highest BCUT2D eigenvalue weighted by Crippen LogP contribution is 2.32. The van der Waals surface area contributed by atoms with E-state index in [4.69, 9.17) is 4.99 Å². The first kappa shape index (κ1) is 89.9. The van der Waals surface area contributed by atoms with Gasteiger partial charge in [-0.05, 0) is 192 Å². The molecule has 19 aromatic rings. The smallest absolute Gasteiger partial charge is 0.261 e. The van der Waals surface area contributed by atoms with E-state index in [1.807, 2.05) is 273 Å². The number of nitrogens with one attached hydrogen (secondary N) is 4. The fourth-order valence-corrected chi connectivity index (χ4v) is 16.8. The Labute approximate surface area is 795 Å². The maximum Gasteiger partial charge on any atom is 0.261 e. The number of rotatable bonds is 16. The van der Waals surface area contributed by atoms with Crippen LogP contribution >= 0.6 is 0 Å². The Hall–Kier alpha value is -18.3. The summed E-state index contributed by atoms with van der Waals surface area (Å²) >= 11 is 0. The first-order valence-electron chi connectivity index (χ1n) is 45.6. The van der Waals surface area contributed by atoms with E-state index in [0.717, 1.165) is 153 Å². The van der Waals surface area contributed by atoms with Crippen LogP contribution in [0.25, 0.3) is 118 Å². The molecule has 0 amide bonds. The summed E-state index contributed by atoms with van der Waals surface area (Å²) in [6.07, 6.45) is 26.3. The molecular formula is C114H91N19O6. The number of fused-ring (bicyclic) bond motifs is 10. The molecule has 0 radical (unpaired) electrons. The molecule has 4 N–H and O–H groups in total. The number of hydrogen-bond acceptors (Lipinski definition) is 18. The maximum atomic E-state index is 12.5. The van der Waals surface area contributed by atoms with E-state index in [2.05, 4.69) is 129 Å². The zero-order valence-corrected chi connectivity index (χ0v) is 76.2. The summed E-state index contributed by atoms with van der Waals surface area (Å²) in [4.78, 5) is 139. The van der Waals surface area contributed by atoms with Crippen molar-refractivity contribution < 1.29 is 0 Å². The van der Waals surface area contributed by atoms with Crippen molar-refractivity contribution >= 4 is 164 Å². The number of aromatic amines is 4. The molecule has 25 heteroatoms. The quantitative estimate of drug-likeness (QED) is 0.0700. The van der Waals surface area contributed by atoms with E-state index in [1.165, 1.54) is 16.7 Å². The number of allylic oxidation sites excluding steroid dienone is 5. The molecule has 25 nitrogen and oxygen atoms in total. The Morgan fingerprint density at radius 3 is 1.14 bits per heavy atom. The molecule has 12 aromatic carbocycles. The monoisotopic (exact) mass is 1820 g/mol. The lowest BCUT2D eigenvalue weighted by atomic mass is 10.1. The van der Waals surface area contributed by atoms with E-state index < -0.39 is 0 Å². The topological polar surface area (TPSA) is 332 Å². The normalized spacial score (nSPS) is 13.3. The Kier molecular flexibility index (Phi) is 26.8. The third-order valence-corrected chi connectivity index (χ3v) is 24.1. The van der Waals surface area contributed by atoms with E-state index in [9.17, 15) is 28.8 Å². The standard InChI is InChI=1S/C21H19N3O.C21H17N3O.C18H14N4O.C18H15N3O.2C18H13N3O/c2*1-24-20(23-19-10-6-5-9-17(19)21(24)25)14-12-16-11-13-18(22-16)15-7-3-2-4-8-15;1-22-15-9-5-4-8-14(15)20-17(22)11-10-16-19-13-7-3-2-6-12(13)18(23)21-16;3*22-18-14-6-2-4-8-16(14)20-17(21-18)10-9-13-11-12-5-1-3-7-15(12)19-13/h2-10,13H,11-12,14H2,1H3;2-10,12-14H,11H2,1H3;2-11H,1H3,(H,19,21,23);1-8H,9-11H2,(H,20,21,22);2*1-10H,11H2,(H,20,21,22)/b;14-12+;;;10-9+;. The van der Waals surface area contributed by atoms with Crippen LogP contribution in [0, 0.1) is 0 Å². The lowest BCUT2D eigenvalue weighted by Gasteiger charge is -2.09. The fraction of sp³-hybridized carbons (Fsp3) is 0.105. The van der Waals surface area contributed by atoms with Crippen molar-refractivity contribution in [2.75, 3.05) is 0 Å². The summed E-state index contributed by atoms with van der Waals surface area (Å²) in [5, 5.41) is 3.73. The highest BCUT2D eigenvalue weighted by Gasteiger charge is 2.20. The average Bonchev–Trinajstić information content (AvgIpc) is 1.78. The van der Waals surface area contributed by atoms with Gasteiger partial charge in [0.05, 0.1) is 105 Å². The number of hydrogen-bond donors (Lipinski definition) is 4. The van der Waals surface area contributed by atoms with Crippen LogP contribution in [0.4, 0.5) is 17.1 Å². The number of H-pyrrole nitrogens is 4. The van der Waals surface area contributed by atoms with Crippen molar-refractivity contribution in [2.45, 2.75) is 57.8 Å². The Bertz CT molecular complexity index is 8600. The fourth-order valence-electron chi connectivity index (χ4n) is 16.8. The van der Waals surface area contributed by atoms with Gasteiger partial charge in [0.25, 0.3) is 33.4 Å². The Morgan fingerprint density at radius 2 is 0.640 bits per heavy atom. The number of nitrogens with zero attached hydrogens (tertiary/aromatic N) is 15. The maximum absolute atomic E-state index is 12.5. The summed E-state index contributed by atoms with van der Waals surface area (Å²) in [7, 11) is 5.50. The van der Waals surface area contributed by atoms with Crippen molar-refractivity contribution in [3.8, 4) is 0 Å². The van der Waals surface area contributed by atoms with Crippen LogP contribution in [0.5, 0.6) is 0 Å². The first-order chi connectivity index (χ1) is 68.0. The van der Waals surface area contributed by atoms with Gasteiger partial charge in [0.15, 0.2) is 0 Å². The van der Waals surface area contributed by atoms with Gasteiger partial charge in [0.2, 0.25) is 0 Å². The van der Waals surface area contributed by atoms with Crippen molar-refractivity contribution in [1.82, 2.24) is 68.5 Å². The summed E-state index contributed by atoms with van der Waals surface area (Å²) in [5.74, 6) is 4.56. The lowest BCUT2D eigenvalue weighted by Crippen LogP contribution is -2.22. The molecule has 7 aromatic heterocycles. The second-order valence-electron chi connectivity index (χ2n) is 33.4. The number of aliphatic imine (C=N–C) groups is 5. The summed E-state index contributed by atoms with van der Waals surface area (Å²) < 4.78 is 5.23.